The van der Waals surface area contributed by atoms with Crippen molar-refractivity contribution in [2.24, 2.45) is 0 Å². The lowest BCUT2D eigenvalue weighted by atomic mass is 10.0. The van der Waals surface area contributed by atoms with Gasteiger partial charge in [0.2, 0.25) is 0 Å². The highest BCUT2D eigenvalue weighted by Gasteiger charge is 2.29. The van der Waals surface area contributed by atoms with Crippen LogP contribution < -0.4 is 14.5 Å². The smallest absolute Gasteiger partial charge is 0.153 e. The number of ether oxygens (including phenoxy) is 1. The third kappa shape index (κ3) is 5.21. The normalized spacial score (nSPS) is 12.0. The van der Waals surface area contributed by atoms with Gasteiger partial charge in [-0.2, -0.15) is 0 Å². The zero-order chi connectivity index (χ0) is 37.0. The summed E-state index contributed by atoms with van der Waals surface area (Å²) < 4.78 is 9.37. The molecule has 0 atom stereocenters. The molecule has 11 rings (SSSR count). The summed E-state index contributed by atoms with van der Waals surface area (Å²) in [6.07, 6.45) is 1.90. The Hall–Kier alpha value is -7.63. The van der Waals surface area contributed by atoms with Crippen LogP contribution in [0.5, 0.6) is 11.5 Å². The van der Waals surface area contributed by atoms with Gasteiger partial charge in [-0.3, -0.25) is 4.98 Å². The molecule has 1 aliphatic heterocycles. The van der Waals surface area contributed by atoms with Crippen molar-refractivity contribution in [1.82, 2.24) is 9.55 Å². The first-order valence-electron chi connectivity index (χ1n) is 18.9. The Bertz CT molecular complexity index is 2980. The van der Waals surface area contributed by atoms with Crippen molar-refractivity contribution in [1.29, 1.82) is 0 Å². The Balaban J connectivity index is 1.11. The summed E-state index contributed by atoms with van der Waals surface area (Å²) in [5.74, 6) is 1.54. The van der Waals surface area contributed by atoms with Crippen LogP contribution in [0.3, 0.4) is 0 Å². The van der Waals surface area contributed by atoms with Gasteiger partial charge >= 0.3 is 0 Å². The number of nitrogens with zero attached hydrogens (tertiary/aromatic N) is 4. The van der Waals surface area contributed by atoms with E-state index in [1.807, 2.05) is 18.3 Å². The number of hydrogen-bond acceptors (Lipinski definition) is 4. The molecule has 0 saturated heterocycles. The van der Waals surface area contributed by atoms with Crippen molar-refractivity contribution in [2.75, 3.05) is 9.80 Å². The predicted octanol–water partition coefficient (Wildman–Crippen LogP) is 14.0. The zero-order valence-corrected chi connectivity index (χ0v) is 30.3. The predicted molar refractivity (Wildman–Crippen MR) is 231 cm³/mol. The van der Waals surface area contributed by atoms with Gasteiger partial charge in [0.25, 0.3) is 0 Å². The van der Waals surface area contributed by atoms with Gasteiger partial charge < -0.3 is 19.1 Å². The summed E-state index contributed by atoms with van der Waals surface area (Å²) in [5, 5.41) is 4.73. The van der Waals surface area contributed by atoms with E-state index in [4.69, 9.17) is 9.72 Å². The number of anilines is 6. The van der Waals surface area contributed by atoms with Crippen LogP contribution in [-0.2, 0) is 0 Å². The minimum Gasteiger partial charge on any atom is -0.453 e. The Kier molecular flexibility index (Phi) is 7.42. The molecule has 0 bridgehead atoms. The Labute approximate surface area is 324 Å². The van der Waals surface area contributed by atoms with Crippen LogP contribution in [0.1, 0.15) is 0 Å². The topological polar surface area (TPSA) is 33.5 Å². The average molecular weight is 719 g/mol. The highest BCUT2D eigenvalue weighted by atomic mass is 16.5. The minimum absolute atomic E-state index is 0.764. The van der Waals surface area contributed by atoms with Crippen LogP contribution in [0.4, 0.5) is 34.1 Å². The van der Waals surface area contributed by atoms with E-state index in [2.05, 4.69) is 202 Å². The molecule has 56 heavy (non-hydrogen) atoms. The average Bonchev–Trinajstić information content (AvgIpc) is 3.60. The summed E-state index contributed by atoms with van der Waals surface area (Å²) in [4.78, 5) is 9.46. The molecule has 0 spiro atoms. The largest absolute Gasteiger partial charge is 0.453 e. The molecule has 3 heterocycles. The van der Waals surface area contributed by atoms with Crippen molar-refractivity contribution < 1.29 is 4.74 Å². The van der Waals surface area contributed by atoms with E-state index in [0.717, 1.165) is 84.4 Å². The third-order valence-electron chi connectivity index (χ3n) is 10.8. The van der Waals surface area contributed by atoms with Gasteiger partial charge in [-0.05, 0) is 84.2 Å². The standard InChI is InChI=1S/C51H34N4O/c1-3-16-37(17-4-1)53(38-18-5-2-6-19-38)40-26-28-47-49(33-40)56-50-34-41(54-45-24-11-9-22-43(45)44-23-10-12-25-46(44)54)27-29-48(50)55(47)39-20-13-15-36(32-39)51-42-21-8-7-14-35(42)30-31-52-51/h1-34H. The summed E-state index contributed by atoms with van der Waals surface area (Å²) in [6, 6.07) is 70.4. The maximum atomic E-state index is 7.03. The number of fused-ring (bicyclic) bond motifs is 6. The van der Waals surface area contributed by atoms with Crippen molar-refractivity contribution in [2.45, 2.75) is 0 Å². The van der Waals surface area contributed by atoms with Gasteiger partial charge in [0, 0.05) is 62.8 Å². The fourth-order valence-corrected chi connectivity index (χ4v) is 8.29. The number of benzene rings is 8. The lowest BCUT2D eigenvalue weighted by Crippen LogP contribution is -2.17. The molecular weight excluding hydrogens is 685 g/mol. The monoisotopic (exact) mass is 718 g/mol. The van der Waals surface area contributed by atoms with E-state index in [1.54, 1.807) is 0 Å². The van der Waals surface area contributed by atoms with Gasteiger partial charge in [0.05, 0.1) is 33.8 Å². The van der Waals surface area contributed by atoms with E-state index in [0.29, 0.717) is 0 Å². The van der Waals surface area contributed by atoms with Crippen LogP contribution >= 0.6 is 0 Å². The molecule has 5 nitrogen and oxygen atoms in total. The number of aromatic nitrogens is 2. The summed E-state index contributed by atoms with van der Waals surface area (Å²) in [7, 11) is 0. The van der Waals surface area contributed by atoms with E-state index >= 15 is 0 Å². The Morgan fingerprint density at radius 3 is 1.75 bits per heavy atom. The van der Waals surface area contributed by atoms with E-state index in [-0.39, 0.29) is 0 Å². The van der Waals surface area contributed by atoms with Gasteiger partial charge in [-0.15, -0.1) is 0 Å². The van der Waals surface area contributed by atoms with Gasteiger partial charge in [-0.1, -0.05) is 109 Å². The Morgan fingerprint density at radius 1 is 0.429 bits per heavy atom. The zero-order valence-electron chi connectivity index (χ0n) is 30.3. The molecule has 2 aromatic heterocycles. The van der Waals surface area contributed by atoms with Crippen LogP contribution in [0.25, 0.3) is 49.5 Å². The molecule has 0 N–H and O–H groups in total. The highest BCUT2D eigenvalue weighted by Crippen LogP contribution is 2.53. The first-order valence-corrected chi connectivity index (χ1v) is 18.9. The molecule has 264 valence electrons. The van der Waals surface area contributed by atoms with Crippen LogP contribution in [-0.4, -0.2) is 9.55 Å². The van der Waals surface area contributed by atoms with Crippen LogP contribution in [0.15, 0.2) is 206 Å². The van der Waals surface area contributed by atoms with Crippen molar-refractivity contribution >= 4 is 66.7 Å². The van der Waals surface area contributed by atoms with Gasteiger partial charge in [0.15, 0.2) is 11.5 Å². The van der Waals surface area contributed by atoms with Gasteiger partial charge in [0.1, 0.15) is 0 Å². The fourth-order valence-electron chi connectivity index (χ4n) is 8.29. The number of hydrogen-bond donors (Lipinski definition) is 0. The molecule has 10 aromatic rings. The molecule has 1 aliphatic rings. The van der Waals surface area contributed by atoms with Crippen LogP contribution in [0.2, 0.25) is 0 Å². The van der Waals surface area contributed by atoms with Crippen molar-refractivity contribution in [3.8, 4) is 28.4 Å². The molecule has 0 radical (unpaired) electrons. The number of para-hydroxylation sites is 4. The molecular formula is C51H34N4O. The first kappa shape index (κ1) is 31.9. The fraction of sp³-hybridized carbons (Fsp3) is 0. The highest BCUT2D eigenvalue weighted by molar-refractivity contribution is 6.09. The van der Waals surface area contributed by atoms with Crippen LogP contribution in [0, 0.1) is 0 Å². The number of pyridine rings is 1. The molecule has 5 heteroatoms. The van der Waals surface area contributed by atoms with E-state index in [9.17, 15) is 0 Å². The maximum Gasteiger partial charge on any atom is 0.153 e. The minimum atomic E-state index is 0.764. The van der Waals surface area contributed by atoms with Crippen molar-refractivity contribution in [3.05, 3.63) is 206 Å². The quantitative estimate of drug-likeness (QED) is 0.171. The first-order chi connectivity index (χ1) is 27.8. The summed E-state index contributed by atoms with van der Waals surface area (Å²) >= 11 is 0. The lowest BCUT2D eigenvalue weighted by molar-refractivity contribution is 0.477. The molecule has 0 unspecified atom stereocenters. The third-order valence-corrected chi connectivity index (χ3v) is 10.8. The second-order valence-electron chi connectivity index (χ2n) is 14.0. The number of rotatable bonds is 6. The SMILES string of the molecule is c1ccc(N(c2ccccc2)c2ccc3c(c2)Oc2cc(-n4c5ccccc5c5ccccc54)ccc2N3c2cccc(-c3nccc4ccccc34)c2)cc1. The van der Waals surface area contributed by atoms with E-state index < -0.39 is 0 Å². The summed E-state index contributed by atoms with van der Waals surface area (Å²) in [5.41, 5.74) is 11.4. The molecule has 0 amide bonds. The molecule has 0 saturated carbocycles. The summed E-state index contributed by atoms with van der Waals surface area (Å²) in [6.45, 7) is 0. The lowest BCUT2D eigenvalue weighted by Gasteiger charge is -2.34. The maximum absolute atomic E-state index is 7.03. The second-order valence-corrected chi connectivity index (χ2v) is 14.0. The second kappa shape index (κ2) is 13.0. The van der Waals surface area contributed by atoms with E-state index in [1.165, 1.54) is 10.8 Å². The Morgan fingerprint density at radius 2 is 1.04 bits per heavy atom. The molecule has 0 fully saturated rings. The molecule has 0 aliphatic carbocycles. The van der Waals surface area contributed by atoms with Crippen molar-refractivity contribution in [3.63, 3.8) is 0 Å². The molecule has 8 aromatic carbocycles. The van der Waals surface area contributed by atoms with Gasteiger partial charge in [-0.25, -0.2) is 0 Å².